The first-order valence-corrected chi connectivity index (χ1v) is 11.7. The number of carbonyl (C=O) groups is 1. The van der Waals surface area contributed by atoms with E-state index in [1.165, 1.54) is 26.9 Å². The van der Waals surface area contributed by atoms with Gasteiger partial charge in [0.05, 0.1) is 18.3 Å². The summed E-state index contributed by atoms with van der Waals surface area (Å²) in [6, 6.07) is 10.1. The minimum atomic E-state index is -4.84. The third kappa shape index (κ3) is 4.90. The number of aromatic nitrogens is 1. The van der Waals surface area contributed by atoms with E-state index in [1.807, 2.05) is 38.1 Å². The van der Waals surface area contributed by atoms with Crippen LogP contribution in [0.4, 0.5) is 22.4 Å². The molecule has 0 radical (unpaired) electrons. The minimum absolute atomic E-state index is 0.261. The Bertz CT molecular complexity index is 1340. The van der Waals surface area contributed by atoms with E-state index in [-0.39, 0.29) is 16.5 Å². The van der Waals surface area contributed by atoms with Crippen molar-refractivity contribution in [1.29, 1.82) is 0 Å². The summed E-state index contributed by atoms with van der Waals surface area (Å²) in [6.07, 6.45) is -7.99. The third-order valence-electron chi connectivity index (χ3n) is 5.54. The van der Waals surface area contributed by atoms with Crippen molar-refractivity contribution in [2.24, 2.45) is 4.99 Å². The zero-order valence-electron chi connectivity index (χ0n) is 19.8. The molecule has 1 aliphatic heterocycles. The Hall–Kier alpha value is -3.54. The third-order valence-corrected chi connectivity index (χ3v) is 6.44. The summed E-state index contributed by atoms with van der Waals surface area (Å²) < 4.78 is 69.5. The molecule has 3 aromatic rings. The summed E-state index contributed by atoms with van der Waals surface area (Å²) in [5.41, 5.74) is 1.15. The summed E-state index contributed by atoms with van der Waals surface area (Å²) in [4.78, 5) is 19.7. The lowest BCUT2D eigenvalue weighted by atomic mass is 10.1. The SMILES string of the molecule is CCOc1ccc(C(C)N(C)C(=O)/N=c2\sc(C)cn2-c2ccc3c(c2)OC(F)(F)C(F)(F)O3)cc1. The number of nitrogens with zero attached hydrogens (tertiary/aromatic N) is 3. The van der Waals surface area contributed by atoms with Crippen LogP contribution in [0.5, 0.6) is 17.2 Å². The topological polar surface area (TPSA) is 65.3 Å². The first kappa shape index (κ1) is 25.5. The molecule has 1 aromatic heterocycles. The molecule has 0 aliphatic carbocycles. The number of rotatable bonds is 5. The fraction of sp³-hybridized carbons (Fsp3) is 0.333. The van der Waals surface area contributed by atoms with E-state index in [4.69, 9.17) is 4.74 Å². The highest BCUT2D eigenvalue weighted by Crippen LogP contribution is 2.47. The quantitative estimate of drug-likeness (QED) is 0.388. The van der Waals surface area contributed by atoms with Crippen molar-refractivity contribution >= 4 is 17.4 Å². The molecule has 2 amide bonds. The van der Waals surface area contributed by atoms with Crippen LogP contribution in [0.3, 0.4) is 0 Å². The van der Waals surface area contributed by atoms with Crippen molar-refractivity contribution in [1.82, 2.24) is 9.47 Å². The molecule has 1 atom stereocenters. The van der Waals surface area contributed by atoms with Gasteiger partial charge in [-0.25, -0.2) is 4.79 Å². The molecular formula is C24H23F4N3O4S. The maximum atomic E-state index is 13.6. The number of alkyl halides is 4. The smallest absolute Gasteiger partial charge is 0.494 e. The number of ether oxygens (including phenoxy) is 3. The van der Waals surface area contributed by atoms with Crippen LogP contribution in [0.1, 0.15) is 30.3 Å². The highest BCUT2D eigenvalue weighted by Gasteiger charge is 2.65. The molecule has 0 saturated carbocycles. The molecule has 0 fully saturated rings. The van der Waals surface area contributed by atoms with Crippen LogP contribution in [-0.2, 0) is 0 Å². The molecule has 0 bridgehead atoms. The molecule has 2 aromatic carbocycles. The van der Waals surface area contributed by atoms with E-state index in [1.54, 1.807) is 20.2 Å². The first-order chi connectivity index (χ1) is 16.9. The molecule has 192 valence electrons. The van der Waals surface area contributed by atoms with Crippen molar-refractivity contribution in [2.75, 3.05) is 13.7 Å². The number of halogens is 4. The van der Waals surface area contributed by atoms with Gasteiger partial charge in [0, 0.05) is 24.2 Å². The van der Waals surface area contributed by atoms with Gasteiger partial charge < -0.3 is 19.1 Å². The maximum Gasteiger partial charge on any atom is 0.507 e. The number of carbonyl (C=O) groups excluding carboxylic acids is 1. The lowest BCUT2D eigenvalue weighted by molar-refractivity contribution is -0.391. The summed E-state index contributed by atoms with van der Waals surface area (Å²) in [5, 5.41) is 0. The largest absolute Gasteiger partial charge is 0.507 e. The number of urea groups is 1. The van der Waals surface area contributed by atoms with E-state index >= 15 is 0 Å². The lowest BCUT2D eigenvalue weighted by Crippen LogP contribution is -2.52. The summed E-state index contributed by atoms with van der Waals surface area (Å²) in [6.45, 7) is 6.07. The van der Waals surface area contributed by atoms with Gasteiger partial charge in [-0.2, -0.15) is 22.6 Å². The lowest BCUT2D eigenvalue weighted by Gasteiger charge is -2.31. The Morgan fingerprint density at radius 3 is 2.39 bits per heavy atom. The monoisotopic (exact) mass is 525 g/mol. The zero-order valence-corrected chi connectivity index (χ0v) is 20.6. The van der Waals surface area contributed by atoms with Gasteiger partial charge in [-0.3, -0.25) is 4.57 Å². The average molecular weight is 526 g/mol. The van der Waals surface area contributed by atoms with Crippen LogP contribution in [-0.4, -0.2) is 41.4 Å². The van der Waals surface area contributed by atoms with Crippen LogP contribution in [0.15, 0.2) is 53.7 Å². The van der Waals surface area contributed by atoms with Crippen molar-refractivity contribution in [3.8, 4) is 22.9 Å². The second-order valence-corrected chi connectivity index (χ2v) is 9.26. The summed E-state index contributed by atoms with van der Waals surface area (Å²) in [7, 11) is 1.62. The standard InChI is InChI=1S/C24H23F4N3O4S/c1-5-33-18-9-6-16(7-10-18)15(3)30(4)21(32)29-22-31(13-14(2)36-22)17-8-11-19-20(12-17)35-24(27,28)23(25,26)34-19/h6-13,15H,5H2,1-4H3/b29-22-. The fourth-order valence-electron chi connectivity index (χ4n) is 3.48. The van der Waals surface area contributed by atoms with Gasteiger partial charge in [0.2, 0.25) is 0 Å². The zero-order chi connectivity index (χ0) is 26.3. The molecule has 0 spiro atoms. The molecule has 4 rings (SSSR count). The first-order valence-electron chi connectivity index (χ1n) is 10.9. The van der Waals surface area contributed by atoms with Gasteiger partial charge in [-0.15, -0.1) is 11.3 Å². The van der Waals surface area contributed by atoms with Crippen molar-refractivity contribution in [3.05, 3.63) is 63.9 Å². The fourth-order valence-corrected chi connectivity index (χ4v) is 4.31. The predicted molar refractivity (Wildman–Crippen MR) is 124 cm³/mol. The molecule has 1 unspecified atom stereocenters. The van der Waals surface area contributed by atoms with E-state index in [2.05, 4.69) is 14.5 Å². The van der Waals surface area contributed by atoms with Crippen LogP contribution in [0.25, 0.3) is 5.69 Å². The highest BCUT2D eigenvalue weighted by atomic mass is 32.1. The van der Waals surface area contributed by atoms with Crippen molar-refractivity contribution in [2.45, 2.75) is 39.0 Å². The number of thiazole rings is 1. The van der Waals surface area contributed by atoms with Gasteiger partial charge in [0.15, 0.2) is 16.3 Å². The van der Waals surface area contributed by atoms with Crippen LogP contribution in [0, 0.1) is 6.92 Å². The molecule has 2 heterocycles. The van der Waals surface area contributed by atoms with E-state index in [9.17, 15) is 22.4 Å². The van der Waals surface area contributed by atoms with E-state index < -0.39 is 29.7 Å². The van der Waals surface area contributed by atoms with Crippen LogP contribution < -0.4 is 19.0 Å². The van der Waals surface area contributed by atoms with Gasteiger partial charge in [-0.1, -0.05) is 12.1 Å². The molecule has 0 N–H and O–H groups in total. The van der Waals surface area contributed by atoms with Crippen molar-refractivity contribution in [3.63, 3.8) is 0 Å². The second kappa shape index (κ2) is 9.49. The normalized spacial score (nSPS) is 16.9. The Balaban J connectivity index is 1.62. The molecular weight excluding hydrogens is 502 g/mol. The number of aryl methyl sites for hydroxylation is 1. The molecule has 12 heteroatoms. The van der Waals surface area contributed by atoms with Crippen molar-refractivity contribution < 1.29 is 36.6 Å². The van der Waals surface area contributed by atoms with Gasteiger partial charge in [-0.05, 0) is 50.6 Å². The second-order valence-electron chi connectivity index (χ2n) is 8.05. The van der Waals surface area contributed by atoms with Crippen LogP contribution >= 0.6 is 11.3 Å². The number of hydrogen-bond acceptors (Lipinski definition) is 5. The maximum absolute atomic E-state index is 13.6. The molecule has 1 aliphatic rings. The van der Waals surface area contributed by atoms with E-state index in [0.717, 1.165) is 28.3 Å². The van der Waals surface area contributed by atoms with Crippen LogP contribution in [0.2, 0.25) is 0 Å². The predicted octanol–water partition coefficient (Wildman–Crippen LogP) is 5.92. The highest BCUT2D eigenvalue weighted by molar-refractivity contribution is 7.09. The Kier molecular flexibility index (Phi) is 6.74. The molecule has 0 saturated heterocycles. The number of amides is 2. The Morgan fingerprint density at radius 1 is 1.11 bits per heavy atom. The van der Waals surface area contributed by atoms with Gasteiger partial charge in [0.1, 0.15) is 5.75 Å². The summed E-state index contributed by atoms with van der Waals surface area (Å²) in [5.74, 6) is -0.359. The minimum Gasteiger partial charge on any atom is -0.494 e. The average Bonchev–Trinajstić information content (AvgIpc) is 3.18. The number of fused-ring (bicyclic) bond motifs is 1. The number of hydrogen-bond donors (Lipinski definition) is 0. The number of benzene rings is 2. The van der Waals surface area contributed by atoms with Gasteiger partial charge >= 0.3 is 18.2 Å². The van der Waals surface area contributed by atoms with Gasteiger partial charge in [0.25, 0.3) is 0 Å². The van der Waals surface area contributed by atoms with E-state index in [0.29, 0.717) is 6.61 Å². The summed E-state index contributed by atoms with van der Waals surface area (Å²) >= 11 is 1.20. The Morgan fingerprint density at radius 2 is 1.75 bits per heavy atom. The molecule has 7 nitrogen and oxygen atoms in total. The Labute approximate surface area is 208 Å². The molecule has 36 heavy (non-hydrogen) atoms.